The van der Waals surface area contributed by atoms with Gasteiger partial charge in [-0.3, -0.25) is 39.2 Å². The molecule has 2 aromatic carbocycles. The maximum absolute atomic E-state index is 13.9. The first kappa shape index (κ1) is 46.5. The van der Waals surface area contributed by atoms with Crippen molar-refractivity contribution in [1.29, 1.82) is 0 Å². The molecule has 6 aromatic rings. The monoisotopic (exact) mass is 907 g/mol. The van der Waals surface area contributed by atoms with Crippen molar-refractivity contribution in [2.45, 2.75) is 105 Å². The lowest BCUT2D eigenvalue weighted by Gasteiger charge is -2.27. The number of fused-ring (bicyclic) bond motifs is 1. The van der Waals surface area contributed by atoms with Gasteiger partial charge in [0.2, 0.25) is 23.7 Å². The molecule has 1 aliphatic rings. The highest BCUT2D eigenvalue weighted by molar-refractivity contribution is 6.05. The van der Waals surface area contributed by atoms with Crippen LogP contribution in [0.4, 0.5) is 16.7 Å². The maximum Gasteiger partial charge on any atom is 0.410 e. The Morgan fingerprint density at radius 3 is 1.97 bits per heavy atom. The zero-order valence-electron chi connectivity index (χ0n) is 38.6. The second kappa shape index (κ2) is 18.9. The minimum absolute atomic E-state index is 0.165. The number of hydrogen-bond donors (Lipinski definition) is 4. The van der Waals surface area contributed by atoms with Gasteiger partial charge in [-0.05, 0) is 111 Å². The standard InChI is InChI=1S/C45H57N13O8/c1-9-56-32(18-25(3)52-56)40(61)50-42-48-30-20-27(38(46)59)22-34(64-17-12-11-15-54(8)44(63)66-45(5,6)7)36(30)55(42)16-13-14-29-24-65-35-23-28(39(47)60)21-31-37(35)58(29)43(49-31)51-41(62)33-19-26(4)53-57(33)10-2/h18-23,29H,9-17,24H2,1-8H3,(H2,46,59)(H2,47,60)(H,48,50,61)(H,49,51,62)/t29-/m0/s1. The molecule has 0 radical (unpaired) electrons. The third-order valence-corrected chi connectivity index (χ3v) is 11.0. The topological polar surface area (TPSA) is 264 Å². The molecule has 0 saturated carbocycles. The molecule has 4 aromatic heterocycles. The first-order valence-corrected chi connectivity index (χ1v) is 22.0. The number of imidazole rings is 2. The van der Waals surface area contributed by atoms with Crippen molar-refractivity contribution < 1.29 is 38.2 Å². The van der Waals surface area contributed by atoms with E-state index in [4.69, 9.17) is 35.6 Å². The van der Waals surface area contributed by atoms with E-state index in [1.54, 1.807) is 59.7 Å². The smallest absolute Gasteiger partial charge is 0.410 e. The summed E-state index contributed by atoms with van der Waals surface area (Å²) >= 11 is 0. The summed E-state index contributed by atoms with van der Waals surface area (Å²) in [7, 11) is 1.67. The van der Waals surface area contributed by atoms with E-state index in [0.29, 0.717) is 108 Å². The summed E-state index contributed by atoms with van der Waals surface area (Å²) in [6.07, 6.45) is 1.68. The number of amides is 5. The summed E-state index contributed by atoms with van der Waals surface area (Å²) in [5, 5.41) is 14.8. The van der Waals surface area contributed by atoms with E-state index in [0.717, 1.165) is 0 Å². The van der Waals surface area contributed by atoms with Gasteiger partial charge in [0.1, 0.15) is 46.1 Å². The third kappa shape index (κ3) is 9.93. The number of primary amides is 2. The molecule has 0 spiro atoms. The number of aryl methyl sites for hydroxylation is 5. The summed E-state index contributed by atoms with van der Waals surface area (Å²) in [4.78, 5) is 76.2. The van der Waals surface area contributed by atoms with Crippen molar-refractivity contribution in [2.24, 2.45) is 11.5 Å². The number of hydrogen-bond acceptors (Lipinski definition) is 12. The Hall–Kier alpha value is -7.45. The quantitative estimate of drug-likeness (QED) is 0.0771. The first-order valence-electron chi connectivity index (χ1n) is 22.0. The number of ether oxygens (including phenoxy) is 3. The Balaban J connectivity index is 1.20. The van der Waals surface area contributed by atoms with E-state index in [1.165, 1.54) is 4.90 Å². The van der Waals surface area contributed by atoms with Crippen LogP contribution in [0.25, 0.3) is 22.1 Å². The second-order valence-electron chi connectivity index (χ2n) is 17.3. The fraction of sp³-hybridized carbons (Fsp3) is 0.444. The molecule has 1 aliphatic heterocycles. The minimum Gasteiger partial charge on any atom is -0.491 e. The van der Waals surface area contributed by atoms with E-state index in [-0.39, 0.29) is 42.3 Å². The minimum atomic E-state index is -0.687. The summed E-state index contributed by atoms with van der Waals surface area (Å²) in [6.45, 7) is 14.9. The second-order valence-corrected chi connectivity index (χ2v) is 17.3. The summed E-state index contributed by atoms with van der Waals surface area (Å²) in [5.41, 5.74) is 15.2. The van der Waals surface area contributed by atoms with E-state index in [1.807, 2.05) is 50.7 Å². The molecule has 0 aliphatic carbocycles. The average molecular weight is 908 g/mol. The van der Waals surface area contributed by atoms with E-state index in [2.05, 4.69) is 20.8 Å². The van der Waals surface area contributed by atoms with Crippen LogP contribution in [0.15, 0.2) is 36.4 Å². The van der Waals surface area contributed by atoms with Gasteiger partial charge in [0, 0.05) is 44.4 Å². The Kier molecular flexibility index (Phi) is 13.4. The van der Waals surface area contributed by atoms with E-state index in [9.17, 15) is 24.0 Å². The average Bonchev–Trinajstić information content (AvgIpc) is 4.03. The van der Waals surface area contributed by atoms with Crippen LogP contribution in [-0.2, 0) is 24.4 Å². The Morgan fingerprint density at radius 1 is 0.803 bits per heavy atom. The molecule has 5 heterocycles. The lowest BCUT2D eigenvalue weighted by Crippen LogP contribution is -2.34. The summed E-state index contributed by atoms with van der Waals surface area (Å²) in [6, 6.07) is 9.29. The predicted octanol–water partition coefficient (Wildman–Crippen LogP) is 5.58. The SMILES string of the molecule is CCn1nc(C)cc1C(=O)Nc1nc2cc(C(N)=O)cc(OCCCCN(C)C(=O)OC(C)(C)C)c2n1CCC[C@H]1COc2cc(C(N)=O)cc3nc(NC(=O)c4cc(C)nn4CC)n1c23. The molecule has 0 fully saturated rings. The van der Waals surface area contributed by atoms with Gasteiger partial charge in [-0.2, -0.15) is 10.2 Å². The highest BCUT2D eigenvalue weighted by Crippen LogP contribution is 2.39. The van der Waals surface area contributed by atoms with Crippen molar-refractivity contribution in [3.63, 3.8) is 0 Å². The molecule has 350 valence electrons. The van der Waals surface area contributed by atoms with E-state index >= 15 is 0 Å². The molecular formula is C45H57N13O8. The van der Waals surface area contributed by atoms with Gasteiger partial charge < -0.3 is 39.7 Å². The van der Waals surface area contributed by atoms with Gasteiger partial charge in [-0.25, -0.2) is 14.8 Å². The Morgan fingerprint density at radius 2 is 1.38 bits per heavy atom. The molecule has 66 heavy (non-hydrogen) atoms. The number of aromatic nitrogens is 8. The molecular weight excluding hydrogens is 851 g/mol. The molecule has 5 amide bonds. The van der Waals surface area contributed by atoms with Gasteiger partial charge in [-0.1, -0.05) is 0 Å². The number of anilines is 2. The molecule has 0 saturated heterocycles. The lowest BCUT2D eigenvalue weighted by molar-refractivity contribution is 0.0294. The molecule has 6 N–H and O–H groups in total. The third-order valence-electron chi connectivity index (χ3n) is 11.0. The highest BCUT2D eigenvalue weighted by Gasteiger charge is 2.30. The number of nitrogens with two attached hydrogens (primary N) is 2. The fourth-order valence-electron chi connectivity index (χ4n) is 7.98. The van der Waals surface area contributed by atoms with Crippen molar-refractivity contribution in [1.82, 2.24) is 43.6 Å². The van der Waals surface area contributed by atoms with Crippen molar-refractivity contribution in [3.05, 3.63) is 70.3 Å². The zero-order valence-corrected chi connectivity index (χ0v) is 38.6. The van der Waals surface area contributed by atoms with Crippen LogP contribution in [0.5, 0.6) is 11.5 Å². The van der Waals surface area contributed by atoms with Crippen molar-refractivity contribution in [3.8, 4) is 11.5 Å². The molecule has 0 unspecified atom stereocenters. The van der Waals surface area contributed by atoms with Crippen LogP contribution in [0.2, 0.25) is 0 Å². The number of nitrogens with zero attached hydrogens (tertiary/aromatic N) is 9. The number of nitrogens with one attached hydrogen (secondary N) is 2. The maximum atomic E-state index is 13.9. The van der Waals surface area contributed by atoms with Crippen LogP contribution >= 0.6 is 0 Å². The zero-order chi connectivity index (χ0) is 47.6. The van der Waals surface area contributed by atoms with Crippen LogP contribution in [0, 0.1) is 13.8 Å². The normalized spacial score (nSPS) is 13.4. The van der Waals surface area contributed by atoms with Gasteiger partial charge in [0.25, 0.3) is 11.8 Å². The van der Waals surface area contributed by atoms with Crippen LogP contribution in [0.3, 0.4) is 0 Å². The van der Waals surface area contributed by atoms with Crippen molar-refractivity contribution in [2.75, 3.05) is 37.4 Å². The molecule has 1 atom stereocenters. The lowest BCUT2D eigenvalue weighted by atomic mass is 10.1. The molecule has 21 nitrogen and oxygen atoms in total. The number of unbranched alkanes of at least 4 members (excludes halogenated alkanes) is 1. The predicted molar refractivity (Wildman–Crippen MR) is 245 cm³/mol. The molecule has 7 rings (SSSR count). The van der Waals surface area contributed by atoms with Crippen LogP contribution in [-0.4, -0.2) is 106 Å². The number of carbonyl (C=O) groups is 5. The summed E-state index contributed by atoms with van der Waals surface area (Å²) in [5.74, 6) is -1.00. The fourth-order valence-corrected chi connectivity index (χ4v) is 7.98. The molecule has 21 heteroatoms. The number of carbonyl (C=O) groups excluding carboxylic acids is 5. The van der Waals surface area contributed by atoms with Gasteiger partial charge in [0.05, 0.1) is 35.1 Å². The Bertz CT molecular complexity index is 2850. The van der Waals surface area contributed by atoms with Gasteiger partial charge >= 0.3 is 6.09 Å². The highest BCUT2D eigenvalue weighted by atomic mass is 16.6. The van der Waals surface area contributed by atoms with Crippen molar-refractivity contribution >= 4 is 63.7 Å². The van der Waals surface area contributed by atoms with Crippen LogP contribution < -0.4 is 31.6 Å². The van der Waals surface area contributed by atoms with Gasteiger partial charge in [-0.15, -0.1) is 0 Å². The van der Waals surface area contributed by atoms with Crippen LogP contribution in [0.1, 0.15) is 119 Å². The number of benzene rings is 2. The van der Waals surface area contributed by atoms with E-state index < -0.39 is 35.3 Å². The Labute approximate surface area is 380 Å². The largest absolute Gasteiger partial charge is 0.491 e. The van der Waals surface area contributed by atoms with Gasteiger partial charge in [0.15, 0.2) is 0 Å². The molecule has 0 bridgehead atoms. The number of rotatable bonds is 18. The first-order chi connectivity index (χ1) is 31.3. The summed E-state index contributed by atoms with van der Waals surface area (Å²) < 4.78 is 25.0.